The minimum absolute atomic E-state index is 0. The molecule has 27 heteroatoms. The summed E-state index contributed by atoms with van der Waals surface area (Å²) >= 11 is 0. The molecule has 10 nitrogen and oxygen atoms in total. The van der Waals surface area contributed by atoms with Gasteiger partial charge in [0.1, 0.15) is 0 Å². The van der Waals surface area contributed by atoms with E-state index in [0.717, 1.165) is 0 Å². The summed E-state index contributed by atoms with van der Waals surface area (Å²) in [6.07, 6.45) is 0. The first-order chi connectivity index (χ1) is 12.4. The van der Waals surface area contributed by atoms with E-state index in [2.05, 4.69) is 0 Å². The van der Waals surface area contributed by atoms with Crippen molar-refractivity contribution < 1.29 is 104 Å². The molecule has 0 unspecified atom stereocenters. The van der Waals surface area contributed by atoms with E-state index in [0.29, 0.717) is 0 Å². The Balaban J connectivity index is -0.000000490. The monoisotopic (exact) mass is 614 g/mol. The van der Waals surface area contributed by atoms with Crippen LogP contribution in [0.1, 0.15) is 0 Å². The van der Waals surface area contributed by atoms with Gasteiger partial charge >= 0.3 is 79.5 Å². The molecule has 0 rings (SSSR count). The molecule has 0 aliphatic heterocycles. The van der Waals surface area contributed by atoms with Crippen LogP contribution < -0.4 is 8.25 Å². The molecule has 0 atom stereocenters. The number of alkyl halides is 12. The minimum Gasteiger partial charge on any atom is -0.202 e. The first-order valence-electron chi connectivity index (χ1n) is 5.23. The van der Waals surface area contributed by atoms with Gasteiger partial charge in [0, 0.05) is 0 Å². The number of sulfonamides is 4. The zero-order valence-corrected chi connectivity index (χ0v) is 17.4. The van der Waals surface area contributed by atoms with Crippen molar-refractivity contribution >= 4 is 40.1 Å². The van der Waals surface area contributed by atoms with Crippen molar-refractivity contribution in [3.8, 4) is 0 Å². The quantitative estimate of drug-likeness (QED) is 0.435. The summed E-state index contributed by atoms with van der Waals surface area (Å²) in [4.78, 5) is 0. The fourth-order valence-electron chi connectivity index (χ4n) is 0.478. The van der Waals surface area contributed by atoms with Crippen molar-refractivity contribution in [2.45, 2.75) is 22.0 Å². The van der Waals surface area contributed by atoms with Crippen LogP contribution in [-0.4, -0.2) is 55.7 Å². The summed E-state index contributed by atoms with van der Waals surface area (Å²) in [6.45, 7) is 0. The normalized spacial score (nSPS) is 14.8. The summed E-state index contributed by atoms with van der Waals surface area (Å²) in [6, 6.07) is 0. The fraction of sp³-hybridized carbons (Fsp3) is 1.00. The van der Waals surface area contributed by atoms with E-state index < -0.39 is 70.4 Å². The van der Waals surface area contributed by atoms with Gasteiger partial charge in [-0.25, -0.2) is 33.7 Å². The number of nitrogens with one attached hydrogen (secondary N) is 2. The molecule has 0 saturated carbocycles. The van der Waals surface area contributed by atoms with Gasteiger partial charge in [0.15, 0.2) is 0 Å². The molecule has 0 aromatic rings. The number of hydrogen-bond acceptors (Lipinski definition) is 8. The second-order valence-electron chi connectivity index (χ2n) is 3.96. The molecule has 0 amide bonds. The largest absolute Gasteiger partial charge is 3.00 e. The summed E-state index contributed by atoms with van der Waals surface area (Å²) in [5.41, 5.74) is -24.6. The van der Waals surface area contributed by atoms with Crippen molar-refractivity contribution in [2.75, 3.05) is 0 Å². The average molecular weight is 614 g/mol. The van der Waals surface area contributed by atoms with Gasteiger partial charge in [-0.1, -0.05) is 8.25 Å². The molecule has 0 bridgehead atoms. The maximum atomic E-state index is 11.5. The molecule has 0 spiro atoms. The van der Waals surface area contributed by atoms with Gasteiger partial charge < -0.3 is 0 Å². The van der Waals surface area contributed by atoms with Crippen molar-refractivity contribution in [3.05, 3.63) is 0 Å². The molecule has 0 heterocycles. The molecule has 0 aromatic heterocycles. The van der Waals surface area contributed by atoms with Crippen molar-refractivity contribution in [1.82, 2.24) is 8.25 Å². The third kappa shape index (κ3) is 9.83. The Morgan fingerprint density at radius 2 is 0.452 bits per heavy atom. The van der Waals surface area contributed by atoms with Crippen LogP contribution in [0.15, 0.2) is 0 Å². The molecular weight excluding hydrogens is 612 g/mol. The van der Waals surface area contributed by atoms with Gasteiger partial charge in [-0.05, 0) is 0 Å². The van der Waals surface area contributed by atoms with E-state index in [9.17, 15) is 86.4 Å². The van der Waals surface area contributed by atoms with Crippen LogP contribution in [0, 0.1) is 0 Å². The van der Waals surface area contributed by atoms with Crippen LogP contribution in [0.4, 0.5) is 52.7 Å². The second-order valence-corrected chi connectivity index (χ2v) is 11.2. The van der Waals surface area contributed by atoms with E-state index in [1.165, 1.54) is 0 Å². The Kier molecular flexibility index (Phi) is 11.0. The predicted molar refractivity (Wildman–Crippen MR) is 66.2 cm³/mol. The van der Waals surface area contributed by atoms with E-state index in [-0.39, 0.29) is 17.4 Å². The Labute approximate surface area is 174 Å². The smallest absolute Gasteiger partial charge is 0.202 e. The van der Waals surface area contributed by atoms with Crippen LogP contribution in [0.2, 0.25) is 0 Å². The Morgan fingerprint density at radius 1 is 0.355 bits per heavy atom. The summed E-state index contributed by atoms with van der Waals surface area (Å²) < 4.78 is 217. The van der Waals surface area contributed by atoms with Crippen molar-refractivity contribution in [1.29, 1.82) is 0 Å². The Morgan fingerprint density at radius 3 is 0.516 bits per heavy atom. The third-order valence-electron chi connectivity index (χ3n) is 1.66. The van der Waals surface area contributed by atoms with Gasteiger partial charge in [0.05, 0.1) is 0 Å². The third-order valence-corrected chi connectivity index (χ3v) is 7.61. The topological polar surface area (TPSA) is 161 Å². The first kappa shape index (κ1) is 35.0. The van der Waals surface area contributed by atoms with Crippen molar-refractivity contribution in [2.24, 2.45) is 0 Å². The maximum Gasteiger partial charge on any atom is 3.00 e. The van der Waals surface area contributed by atoms with Crippen LogP contribution in [0.25, 0.3) is 0 Å². The summed E-state index contributed by atoms with van der Waals surface area (Å²) in [5.74, 6) is 0. The predicted octanol–water partition coefficient (Wildman–Crippen LogP) is 0.548. The van der Waals surface area contributed by atoms with Gasteiger partial charge in [-0.3, -0.25) is 0 Å². The fourth-order valence-corrected chi connectivity index (χ4v) is 4.30. The van der Waals surface area contributed by atoms with Crippen molar-refractivity contribution in [3.63, 3.8) is 0 Å². The molecule has 0 aliphatic rings. The maximum absolute atomic E-state index is 11.5. The van der Waals surface area contributed by atoms with Gasteiger partial charge in [-0.15, -0.1) is 0 Å². The standard InChI is InChI=1S/2C2HF6NO4S2.Cr/c2*3-1(4,5)14(10,11)9-15(12,13)2(6,7)8;/h2*9H;/q;;+3. The zero-order chi connectivity index (χ0) is 25.4. The van der Waals surface area contributed by atoms with E-state index >= 15 is 0 Å². The number of halogens is 12. The van der Waals surface area contributed by atoms with Crippen LogP contribution in [0.3, 0.4) is 0 Å². The summed E-state index contributed by atoms with van der Waals surface area (Å²) in [5, 5.41) is 0. The molecule has 2 N–H and O–H groups in total. The summed E-state index contributed by atoms with van der Waals surface area (Å²) in [7, 11) is -26.4. The molecule has 187 valence electrons. The second kappa shape index (κ2) is 9.72. The molecule has 31 heavy (non-hydrogen) atoms. The van der Waals surface area contributed by atoms with Crippen LogP contribution in [-0.2, 0) is 57.5 Å². The molecule has 0 saturated heterocycles. The molecular formula is C4H2CrF12N2O8S4+3. The van der Waals surface area contributed by atoms with Gasteiger partial charge in [0.2, 0.25) is 0 Å². The van der Waals surface area contributed by atoms with Gasteiger partial charge in [-0.2, -0.15) is 52.7 Å². The Hall–Kier alpha value is -0.588. The van der Waals surface area contributed by atoms with Crippen LogP contribution >= 0.6 is 0 Å². The molecule has 0 aliphatic carbocycles. The van der Waals surface area contributed by atoms with E-state index in [4.69, 9.17) is 0 Å². The number of hydrogen-bond donors (Lipinski definition) is 2. The molecule has 1 radical (unpaired) electrons. The minimum atomic E-state index is -6.60. The Bertz CT molecular complexity index is 862. The molecule has 0 fully saturated rings. The SMILES string of the molecule is O=S(=O)(NS(=O)(=O)C(F)(F)F)C(F)(F)F.O=S(=O)(NS(=O)(=O)C(F)(F)F)C(F)(F)F.[Cr+3]. The van der Waals surface area contributed by atoms with E-state index in [1.54, 1.807) is 0 Å². The zero-order valence-electron chi connectivity index (χ0n) is 12.8. The van der Waals surface area contributed by atoms with Gasteiger partial charge in [0.25, 0.3) is 0 Å². The average Bonchev–Trinajstić information content (AvgIpc) is 2.30. The van der Waals surface area contributed by atoms with Crippen LogP contribution in [0.5, 0.6) is 0 Å². The van der Waals surface area contributed by atoms with E-state index in [1.807, 2.05) is 0 Å². The first-order valence-corrected chi connectivity index (χ1v) is 11.2. The molecule has 0 aromatic carbocycles. The number of rotatable bonds is 4.